The minimum atomic E-state index is -0.0634. The van der Waals surface area contributed by atoms with Gasteiger partial charge in [0.1, 0.15) is 0 Å². The number of rotatable bonds is 5. The number of para-hydroxylation sites is 1. The highest BCUT2D eigenvalue weighted by atomic mass is 16.5. The number of hydrogen-bond donors (Lipinski definition) is 2. The maximum Gasteiger partial charge on any atom is 0.253 e. The first kappa shape index (κ1) is 13.6. The molecule has 102 valence electrons. The summed E-state index contributed by atoms with van der Waals surface area (Å²) >= 11 is 0. The summed E-state index contributed by atoms with van der Waals surface area (Å²) < 4.78 is 5.21. The highest BCUT2D eigenvalue weighted by Crippen LogP contribution is 2.23. The van der Waals surface area contributed by atoms with Gasteiger partial charge in [-0.25, -0.2) is 0 Å². The third-order valence-corrected chi connectivity index (χ3v) is 3.32. The van der Waals surface area contributed by atoms with Crippen molar-refractivity contribution in [3.05, 3.63) is 35.0 Å². The highest BCUT2D eigenvalue weighted by molar-refractivity contribution is 6.06. The molecule has 2 aromatic rings. The van der Waals surface area contributed by atoms with Gasteiger partial charge in [-0.3, -0.25) is 4.79 Å². The molecule has 0 unspecified atom stereocenters. The Bertz CT molecular complexity index is 587. The van der Waals surface area contributed by atoms with Crippen LogP contribution >= 0.6 is 0 Å². The Morgan fingerprint density at radius 3 is 2.89 bits per heavy atom. The van der Waals surface area contributed by atoms with Gasteiger partial charge in [0.2, 0.25) is 0 Å². The van der Waals surface area contributed by atoms with Crippen molar-refractivity contribution in [3.63, 3.8) is 0 Å². The lowest BCUT2D eigenvalue weighted by Gasteiger charge is -2.06. The molecule has 2 rings (SSSR count). The summed E-state index contributed by atoms with van der Waals surface area (Å²) in [7, 11) is 0. The van der Waals surface area contributed by atoms with Gasteiger partial charge in [0, 0.05) is 24.2 Å². The first-order valence-electron chi connectivity index (χ1n) is 6.59. The Kier molecular flexibility index (Phi) is 4.22. The molecule has 1 aromatic carbocycles. The first-order valence-corrected chi connectivity index (χ1v) is 6.59. The summed E-state index contributed by atoms with van der Waals surface area (Å²) in [4.78, 5) is 15.4. The van der Waals surface area contributed by atoms with Crippen LogP contribution in [0.15, 0.2) is 18.2 Å². The molecule has 0 saturated carbocycles. The smallest absolute Gasteiger partial charge is 0.253 e. The standard InChI is InChI=1S/C15H20N2O2/c1-4-19-9-8-16-15(18)13-7-5-6-12-10(2)11(3)17-14(12)13/h5-7,17H,4,8-9H2,1-3H3,(H,16,18). The van der Waals surface area contributed by atoms with Crippen molar-refractivity contribution >= 4 is 16.8 Å². The lowest BCUT2D eigenvalue weighted by Crippen LogP contribution is -2.27. The monoisotopic (exact) mass is 260 g/mol. The average molecular weight is 260 g/mol. The van der Waals surface area contributed by atoms with Crippen LogP contribution in [-0.4, -0.2) is 30.6 Å². The predicted molar refractivity (Wildman–Crippen MR) is 76.6 cm³/mol. The van der Waals surface area contributed by atoms with E-state index in [0.717, 1.165) is 16.6 Å². The second kappa shape index (κ2) is 5.89. The Hall–Kier alpha value is -1.81. The van der Waals surface area contributed by atoms with Gasteiger partial charge in [0.15, 0.2) is 0 Å². The van der Waals surface area contributed by atoms with Crippen LogP contribution in [0.5, 0.6) is 0 Å². The van der Waals surface area contributed by atoms with E-state index in [4.69, 9.17) is 4.74 Å². The molecule has 0 atom stereocenters. The predicted octanol–water partition coefficient (Wildman–Crippen LogP) is 2.55. The van der Waals surface area contributed by atoms with Crippen LogP contribution in [-0.2, 0) is 4.74 Å². The maximum absolute atomic E-state index is 12.2. The fraction of sp³-hybridized carbons (Fsp3) is 0.400. The quantitative estimate of drug-likeness (QED) is 0.812. The number of amides is 1. The van der Waals surface area contributed by atoms with E-state index in [-0.39, 0.29) is 5.91 Å². The molecule has 4 heteroatoms. The Labute approximate surface area is 113 Å². The molecule has 0 fully saturated rings. The van der Waals surface area contributed by atoms with E-state index in [9.17, 15) is 4.79 Å². The summed E-state index contributed by atoms with van der Waals surface area (Å²) in [5, 5.41) is 3.98. The number of ether oxygens (including phenoxy) is 1. The minimum absolute atomic E-state index is 0.0634. The molecular formula is C15H20N2O2. The van der Waals surface area contributed by atoms with Gasteiger partial charge in [-0.15, -0.1) is 0 Å². The van der Waals surface area contributed by atoms with Gasteiger partial charge in [0.25, 0.3) is 5.91 Å². The highest BCUT2D eigenvalue weighted by Gasteiger charge is 2.13. The number of aryl methyl sites for hydroxylation is 2. The number of aromatic amines is 1. The summed E-state index contributed by atoms with van der Waals surface area (Å²) in [6, 6.07) is 5.79. The van der Waals surface area contributed by atoms with Crippen LogP contribution in [0.4, 0.5) is 0 Å². The molecule has 0 aliphatic carbocycles. The van der Waals surface area contributed by atoms with E-state index < -0.39 is 0 Å². The molecule has 0 aliphatic heterocycles. The van der Waals surface area contributed by atoms with Crippen molar-refractivity contribution in [2.45, 2.75) is 20.8 Å². The van der Waals surface area contributed by atoms with E-state index in [2.05, 4.69) is 17.2 Å². The van der Waals surface area contributed by atoms with Crippen molar-refractivity contribution in [3.8, 4) is 0 Å². The molecule has 1 amide bonds. The second-order valence-electron chi connectivity index (χ2n) is 4.56. The van der Waals surface area contributed by atoms with Crippen LogP contribution in [0.3, 0.4) is 0 Å². The first-order chi connectivity index (χ1) is 9.15. The molecule has 0 radical (unpaired) electrons. The molecule has 1 aromatic heterocycles. The molecule has 0 saturated heterocycles. The number of aromatic nitrogens is 1. The number of hydrogen-bond acceptors (Lipinski definition) is 2. The van der Waals surface area contributed by atoms with Crippen molar-refractivity contribution in [1.29, 1.82) is 0 Å². The van der Waals surface area contributed by atoms with Gasteiger partial charge in [-0.1, -0.05) is 12.1 Å². The Balaban J connectivity index is 2.20. The lowest BCUT2D eigenvalue weighted by atomic mass is 10.1. The number of carbonyl (C=O) groups excluding carboxylic acids is 1. The number of benzene rings is 1. The Morgan fingerprint density at radius 2 is 2.16 bits per heavy atom. The van der Waals surface area contributed by atoms with Gasteiger partial charge in [0.05, 0.1) is 17.7 Å². The molecule has 0 aliphatic rings. The van der Waals surface area contributed by atoms with Gasteiger partial charge < -0.3 is 15.0 Å². The number of H-pyrrole nitrogens is 1. The zero-order valence-corrected chi connectivity index (χ0v) is 11.7. The van der Waals surface area contributed by atoms with E-state index in [1.807, 2.05) is 32.0 Å². The summed E-state index contributed by atoms with van der Waals surface area (Å²) in [5.74, 6) is -0.0634. The zero-order chi connectivity index (χ0) is 13.8. The SMILES string of the molecule is CCOCCNC(=O)c1cccc2c(C)c(C)[nH]c12. The number of nitrogens with one attached hydrogen (secondary N) is 2. The van der Waals surface area contributed by atoms with Crippen molar-refractivity contribution in [2.75, 3.05) is 19.8 Å². The van der Waals surface area contributed by atoms with E-state index in [1.54, 1.807) is 0 Å². The molecule has 0 bridgehead atoms. The topological polar surface area (TPSA) is 54.1 Å². The van der Waals surface area contributed by atoms with E-state index >= 15 is 0 Å². The van der Waals surface area contributed by atoms with E-state index in [1.165, 1.54) is 5.56 Å². The van der Waals surface area contributed by atoms with Gasteiger partial charge in [-0.2, -0.15) is 0 Å². The average Bonchev–Trinajstić information content (AvgIpc) is 2.70. The number of fused-ring (bicyclic) bond motifs is 1. The van der Waals surface area contributed by atoms with Crippen molar-refractivity contribution in [2.24, 2.45) is 0 Å². The van der Waals surface area contributed by atoms with Crippen LogP contribution in [0.1, 0.15) is 28.5 Å². The molecule has 0 spiro atoms. The molecule has 1 heterocycles. The molecular weight excluding hydrogens is 240 g/mol. The van der Waals surface area contributed by atoms with E-state index in [0.29, 0.717) is 25.3 Å². The molecule has 2 N–H and O–H groups in total. The maximum atomic E-state index is 12.2. The van der Waals surface area contributed by atoms with Gasteiger partial charge in [-0.05, 0) is 32.4 Å². The third kappa shape index (κ3) is 2.79. The lowest BCUT2D eigenvalue weighted by molar-refractivity contribution is 0.0924. The fourth-order valence-corrected chi connectivity index (χ4v) is 2.15. The third-order valence-electron chi connectivity index (χ3n) is 3.32. The van der Waals surface area contributed by atoms with Crippen molar-refractivity contribution < 1.29 is 9.53 Å². The minimum Gasteiger partial charge on any atom is -0.380 e. The van der Waals surface area contributed by atoms with Crippen LogP contribution in [0.25, 0.3) is 10.9 Å². The van der Waals surface area contributed by atoms with Crippen LogP contribution in [0.2, 0.25) is 0 Å². The largest absolute Gasteiger partial charge is 0.380 e. The number of carbonyl (C=O) groups is 1. The Morgan fingerprint density at radius 1 is 1.37 bits per heavy atom. The van der Waals surface area contributed by atoms with Gasteiger partial charge >= 0.3 is 0 Å². The normalized spacial score (nSPS) is 10.9. The summed E-state index contributed by atoms with van der Waals surface area (Å²) in [5.41, 5.74) is 3.89. The van der Waals surface area contributed by atoms with Crippen LogP contribution < -0.4 is 5.32 Å². The summed E-state index contributed by atoms with van der Waals surface area (Å²) in [6.45, 7) is 7.76. The second-order valence-corrected chi connectivity index (χ2v) is 4.56. The summed E-state index contributed by atoms with van der Waals surface area (Å²) in [6.07, 6.45) is 0. The molecule has 4 nitrogen and oxygen atoms in total. The van der Waals surface area contributed by atoms with Crippen molar-refractivity contribution in [1.82, 2.24) is 10.3 Å². The zero-order valence-electron chi connectivity index (χ0n) is 11.7. The fourth-order valence-electron chi connectivity index (χ4n) is 2.15. The molecule has 19 heavy (non-hydrogen) atoms. The van der Waals surface area contributed by atoms with Crippen LogP contribution in [0, 0.1) is 13.8 Å².